The van der Waals surface area contributed by atoms with E-state index >= 15 is 0 Å². The van der Waals surface area contributed by atoms with Crippen molar-refractivity contribution in [3.63, 3.8) is 0 Å². The summed E-state index contributed by atoms with van der Waals surface area (Å²) in [6.45, 7) is 3.13. The first-order valence-corrected chi connectivity index (χ1v) is 4.17. The molecule has 0 saturated carbocycles. The van der Waals surface area contributed by atoms with Crippen LogP contribution >= 0.6 is 0 Å². The van der Waals surface area contributed by atoms with Crippen LogP contribution in [0, 0.1) is 18.3 Å². The molecule has 4 nitrogen and oxygen atoms in total. The number of rotatable bonds is 2. The van der Waals surface area contributed by atoms with Crippen molar-refractivity contribution in [3.8, 4) is 6.07 Å². The Labute approximate surface area is 81.2 Å². The molecule has 0 radical (unpaired) electrons. The highest BCUT2D eigenvalue weighted by atomic mass is 16.1. The van der Waals surface area contributed by atoms with Gasteiger partial charge in [0, 0.05) is 12.1 Å². The van der Waals surface area contributed by atoms with E-state index in [0.29, 0.717) is 11.3 Å². The third kappa shape index (κ3) is 2.07. The quantitative estimate of drug-likeness (QED) is 0.745. The van der Waals surface area contributed by atoms with Crippen molar-refractivity contribution >= 4 is 5.78 Å². The fourth-order valence-corrected chi connectivity index (χ4v) is 1.26. The minimum Gasteiger partial charge on any atom is -0.325 e. The third-order valence-corrected chi connectivity index (χ3v) is 1.84. The molecule has 14 heavy (non-hydrogen) atoms. The molecule has 1 heterocycles. The van der Waals surface area contributed by atoms with Gasteiger partial charge in [0.2, 0.25) is 0 Å². The molecule has 0 bridgehead atoms. The molecular weight excluding hydrogens is 180 g/mol. The maximum atomic E-state index is 11.3. The molecule has 0 atom stereocenters. The molecule has 0 aliphatic rings. The Hall–Kier alpha value is -1.89. The summed E-state index contributed by atoms with van der Waals surface area (Å²) in [7, 11) is 0. The largest absolute Gasteiger partial charge is 0.325 e. The number of nitriles is 1. The van der Waals surface area contributed by atoms with Crippen LogP contribution in [0.25, 0.3) is 0 Å². The lowest BCUT2D eigenvalue weighted by Gasteiger charge is -2.00. The van der Waals surface area contributed by atoms with Gasteiger partial charge in [-0.15, -0.1) is 0 Å². The van der Waals surface area contributed by atoms with Crippen LogP contribution in [0.1, 0.15) is 23.7 Å². The molecule has 1 rings (SSSR count). The molecule has 0 fully saturated rings. The summed E-state index contributed by atoms with van der Waals surface area (Å²) in [6, 6.07) is 3.47. The zero-order chi connectivity index (χ0) is 10.7. The Balaban J connectivity index is 3.23. The number of aromatic amines is 1. The van der Waals surface area contributed by atoms with Gasteiger partial charge in [-0.2, -0.15) is 5.26 Å². The summed E-state index contributed by atoms with van der Waals surface area (Å²) in [5.41, 5.74) is 0.840. The highest BCUT2D eigenvalue weighted by Gasteiger charge is 2.06. The SMILES string of the molecule is CC(=O)Cc1cc(C)c(C#N)c(=O)[nH]1. The second-order valence-electron chi connectivity index (χ2n) is 3.17. The fourth-order valence-electron chi connectivity index (χ4n) is 1.26. The van der Waals surface area contributed by atoms with Crippen LogP contribution in [-0.4, -0.2) is 10.8 Å². The molecule has 1 aromatic rings. The Morgan fingerprint density at radius 3 is 2.71 bits per heavy atom. The Morgan fingerprint density at radius 2 is 2.29 bits per heavy atom. The van der Waals surface area contributed by atoms with Crippen LogP contribution in [0.2, 0.25) is 0 Å². The molecule has 0 spiro atoms. The molecule has 0 aromatic carbocycles. The summed E-state index contributed by atoms with van der Waals surface area (Å²) < 4.78 is 0. The maximum Gasteiger partial charge on any atom is 0.266 e. The maximum absolute atomic E-state index is 11.3. The van der Waals surface area contributed by atoms with E-state index in [9.17, 15) is 9.59 Å². The third-order valence-electron chi connectivity index (χ3n) is 1.84. The van der Waals surface area contributed by atoms with E-state index in [1.54, 1.807) is 13.0 Å². The Bertz CT molecular complexity index is 466. The summed E-state index contributed by atoms with van der Waals surface area (Å²) in [5, 5.41) is 8.64. The van der Waals surface area contributed by atoms with Crippen LogP contribution in [0.15, 0.2) is 10.9 Å². The van der Waals surface area contributed by atoms with Gasteiger partial charge < -0.3 is 4.98 Å². The van der Waals surface area contributed by atoms with Gasteiger partial charge in [-0.05, 0) is 25.5 Å². The number of hydrogen-bond acceptors (Lipinski definition) is 3. The normalized spacial score (nSPS) is 9.50. The van der Waals surface area contributed by atoms with Gasteiger partial charge in [0.05, 0.1) is 0 Å². The standard InChI is InChI=1S/C10H10N2O2/c1-6-3-8(4-7(2)13)12-10(14)9(6)5-11/h3H,4H2,1-2H3,(H,12,14). The zero-order valence-electron chi connectivity index (χ0n) is 8.05. The van der Waals surface area contributed by atoms with Crippen molar-refractivity contribution in [3.05, 3.63) is 33.2 Å². The Kier molecular flexibility index (Phi) is 2.82. The summed E-state index contributed by atoms with van der Waals surface area (Å²) in [4.78, 5) is 24.6. The first-order valence-electron chi connectivity index (χ1n) is 4.17. The van der Waals surface area contributed by atoms with E-state index in [1.807, 2.05) is 6.07 Å². The first-order chi connectivity index (χ1) is 6.54. The lowest BCUT2D eigenvalue weighted by atomic mass is 10.1. The van der Waals surface area contributed by atoms with Crippen molar-refractivity contribution in [2.24, 2.45) is 0 Å². The van der Waals surface area contributed by atoms with Crippen LogP contribution in [0.5, 0.6) is 0 Å². The molecule has 0 aliphatic heterocycles. The topological polar surface area (TPSA) is 73.7 Å². The summed E-state index contributed by atoms with van der Waals surface area (Å²) in [6.07, 6.45) is 0.196. The fraction of sp³-hybridized carbons (Fsp3) is 0.300. The second kappa shape index (κ2) is 3.88. The van der Waals surface area contributed by atoms with Gasteiger partial charge in [-0.25, -0.2) is 0 Å². The minimum absolute atomic E-state index is 0.0234. The molecule has 72 valence electrons. The van der Waals surface area contributed by atoms with Gasteiger partial charge >= 0.3 is 0 Å². The van der Waals surface area contributed by atoms with E-state index in [-0.39, 0.29) is 17.8 Å². The first kappa shape index (κ1) is 10.2. The number of hydrogen-bond donors (Lipinski definition) is 1. The molecule has 0 aliphatic carbocycles. The van der Waals surface area contributed by atoms with Crippen molar-refractivity contribution in [2.75, 3.05) is 0 Å². The van der Waals surface area contributed by atoms with Crippen molar-refractivity contribution in [1.29, 1.82) is 5.26 Å². The number of ketones is 1. The molecule has 0 unspecified atom stereocenters. The number of nitrogens with zero attached hydrogens (tertiary/aromatic N) is 1. The number of pyridine rings is 1. The molecule has 4 heteroatoms. The van der Waals surface area contributed by atoms with E-state index in [0.717, 1.165) is 0 Å². The van der Waals surface area contributed by atoms with Gasteiger partial charge in [0.1, 0.15) is 17.4 Å². The Morgan fingerprint density at radius 1 is 1.64 bits per heavy atom. The minimum atomic E-state index is -0.427. The van der Waals surface area contributed by atoms with Gasteiger partial charge in [0.25, 0.3) is 5.56 Å². The highest BCUT2D eigenvalue weighted by molar-refractivity contribution is 5.77. The van der Waals surface area contributed by atoms with E-state index in [4.69, 9.17) is 5.26 Å². The van der Waals surface area contributed by atoms with Crippen LogP contribution in [0.4, 0.5) is 0 Å². The number of H-pyrrole nitrogens is 1. The molecule has 0 amide bonds. The van der Waals surface area contributed by atoms with Crippen LogP contribution in [0.3, 0.4) is 0 Å². The lowest BCUT2D eigenvalue weighted by molar-refractivity contribution is -0.116. The number of carbonyl (C=O) groups is 1. The van der Waals surface area contributed by atoms with E-state index < -0.39 is 5.56 Å². The molecular formula is C10H10N2O2. The number of nitrogens with one attached hydrogen (secondary N) is 1. The van der Waals surface area contributed by atoms with Crippen LogP contribution < -0.4 is 5.56 Å². The zero-order valence-corrected chi connectivity index (χ0v) is 8.05. The van der Waals surface area contributed by atoms with Crippen molar-refractivity contribution in [1.82, 2.24) is 4.98 Å². The highest BCUT2D eigenvalue weighted by Crippen LogP contribution is 2.03. The number of carbonyl (C=O) groups excluding carboxylic acids is 1. The predicted molar refractivity (Wildman–Crippen MR) is 50.9 cm³/mol. The summed E-state index contributed by atoms with van der Waals surface area (Å²) in [5.74, 6) is -0.0234. The van der Waals surface area contributed by atoms with E-state index in [2.05, 4.69) is 4.98 Å². The average molecular weight is 190 g/mol. The van der Waals surface area contributed by atoms with E-state index in [1.165, 1.54) is 6.92 Å². The lowest BCUT2D eigenvalue weighted by Crippen LogP contribution is -2.15. The monoisotopic (exact) mass is 190 g/mol. The van der Waals surface area contributed by atoms with Crippen molar-refractivity contribution in [2.45, 2.75) is 20.3 Å². The van der Waals surface area contributed by atoms with Crippen LogP contribution in [-0.2, 0) is 11.2 Å². The average Bonchev–Trinajstić information content (AvgIpc) is 2.01. The molecule has 1 N–H and O–H groups in total. The molecule has 1 aromatic heterocycles. The predicted octanol–water partition coefficient (Wildman–Crippen LogP) is 0.686. The second-order valence-corrected chi connectivity index (χ2v) is 3.17. The van der Waals surface area contributed by atoms with Gasteiger partial charge in [-0.1, -0.05) is 0 Å². The molecule has 0 saturated heterocycles. The number of aromatic nitrogens is 1. The van der Waals surface area contributed by atoms with Gasteiger partial charge in [-0.3, -0.25) is 9.59 Å². The smallest absolute Gasteiger partial charge is 0.266 e. The van der Waals surface area contributed by atoms with Gasteiger partial charge in [0.15, 0.2) is 0 Å². The number of Topliss-reactive ketones (excluding diaryl/α,β-unsaturated/α-hetero) is 1. The van der Waals surface area contributed by atoms with Crippen molar-refractivity contribution < 1.29 is 4.79 Å². The number of aryl methyl sites for hydroxylation is 1. The summed E-state index contributed by atoms with van der Waals surface area (Å²) >= 11 is 0.